The maximum atomic E-state index is 12.6. The Morgan fingerprint density at radius 1 is 1.00 bits per heavy atom. The molecule has 104 valence electrons. The summed E-state index contributed by atoms with van der Waals surface area (Å²) in [6.07, 6.45) is 0.434. The molecule has 0 aliphatic heterocycles. The molecule has 0 amide bonds. The van der Waals surface area contributed by atoms with Crippen LogP contribution >= 0.6 is 15.9 Å². The SMILES string of the molecule is Cc1cc(Br)ccc1C(=O)Cc1cccc2ccccc12. The third-order valence-corrected chi connectivity index (χ3v) is 4.21. The van der Waals surface area contributed by atoms with E-state index in [2.05, 4.69) is 34.1 Å². The second-order valence-corrected chi connectivity index (χ2v) is 6.11. The third kappa shape index (κ3) is 2.91. The fourth-order valence-corrected chi connectivity index (χ4v) is 3.13. The first-order chi connectivity index (χ1) is 10.1. The van der Waals surface area contributed by atoms with Crippen LogP contribution in [-0.4, -0.2) is 5.78 Å². The van der Waals surface area contributed by atoms with E-state index in [1.165, 1.54) is 5.39 Å². The van der Waals surface area contributed by atoms with Crippen molar-refractivity contribution in [2.75, 3.05) is 0 Å². The Kier molecular flexibility index (Phi) is 3.89. The number of ketones is 1. The van der Waals surface area contributed by atoms with Gasteiger partial charge in [0, 0.05) is 16.5 Å². The molecule has 3 aromatic rings. The minimum absolute atomic E-state index is 0.163. The Morgan fingerprint density at radius 2 is 1.76 bits per heavy atom. The number of carbonyl (C=O) groups excluding carboxylic acids is 1. The molecule has 21 heavy (non-hydrogen) atoms. The molecule has 0 N–H and O–H groups in total. The molecule has 2 heteroatoms. The van der Waals surface area contributed by atoms with E-state index >= 15 is 0 Å². The largest absolute Gasteiger partial charge is 0.294 e. The molecule has 0 saturated heterocycles. The van der Waals surface area contributed by atoms with Crippen LogP contribution in [0.15, 0.2) is 65.1 Å². The van der Waals surface area contributed by atoms with Gasteiger partial charge in [0.05, 0.1) is 0 Å². The van der Waals surface area contributed by atoms with E-state index in [1.807, 2.05) is 49.4 Å². The Hall–Kier alpha value is -1.93. The Morgan fingerprint density at radius 3 is 2.57 bits per heavy atom. The minimum Gasteiger partial charge on any atom is -0.294 e. The number of halogens is 1. The van der Waals surface area contributed by atoms with Crippen molar-refractivity contribution in [3.05, 3.63) is 81.8 Å². The van der Waals surface area contributed by atoms with E-state index in [9.17, 15) is 4.79 Å². The van der Waals surface area contributed by atoms with Crippen LogP contribution in [-0.2, 0) is 6.42 Å². The molecule has 0 aliphatic rings. The van der Waals surface area contributed by atoms with E-state index in [-0.39, 0.29) is 5.78 Å². The van der Waals surface area contributed by atoms with Crippen LogP contribution in [0.3, 0.4) is 0 Å². The van der Waals surface area contributed by atoms with E-state index in [0.717, 1.165) is 26.5 Å². The average Bonchev–Trinajstić information content (AvgIpc) is 2.47. The van der Waals surface area contributed by atoms with E-state index in [0.29, 0.717) is 6.42 Å². The third-order valence-electron chi connectivity index (χ3n) is 3.72. The molecule has 1 nitrogen and oxygen atoms in total. The number of carbonyl (C=O) groups is 1. The van der Waals surface area contributed by atoms with E-state index in [4.69, 9.17) is 0 Å². The first-order valence-electron chi connectivity index (χ1n) is 6.91. The highest BCUT2D eigenvalue weighted by Crippen LogP contribution is 2.22. The van der Waals surface area contributed by atoms with Gasteiger partial charge in [-0.2, -0.15) is 0 Å². The fourth-order valence-electron chi connectivity index (χ4n) is 2.65. The lowest BCUT2D eigenvalue weighted by atomic mass is 9.96. The van der Waals surface area contributed by atoms with Gasteiger partial charge < -0.3 is 0 Å². The number of hydrogen-bond donors (Lipinski definition) is 0. The van der Waals surface area contributed by atoms with Crippen molar-refractivity contribution in [3.8, 4) is 0 Å². The van der Waals surface area contributed by atoms with Gasteiger partial charge in [0.1, 0.15) is 0 Å². The standard InChI is InChI=1S/C19H15BrO/c1-13-11-16(20)9-10-17(13)19(21)12-15-7-4-6-14-5-2-3-8-18(14)15/h2-11H,12H2,1H3. The highest BCUT2D eigenvalue weighted by Gasteiger charge is 2.11. The van der Waals surface area contributed by atoms with Crippen molar-refractivity contribution in [1.82, 2.24) is 0 Å². The highest BCUT2D eigenvalue weighted by molar-refractivity contribution is 9.10. The van der Waals surface area contributed by atoms with Crippen molar-refractivity contribution in [3.63, 3.8) is 0 Å². The monoisotopic (exact) mass is 338 g/mol. The number of Topliss-reactive ketones (excluding diaryl/α,β-unsaturated/α-hetero) is 1. The lowest BCUT2D eigenvalue weighted by Gasteiger charge is -2.08. The summed E-state index contributed by atoms with van der Waals surface area (Å²) in [6.45, 7) is 1.97. The molecule has 0 heterocycles. The van der Waals surface area contributed by atoms with Gasteiger partial charge in [-0.25, -0.2) is 0 Å². The molecule has 0 radical (unpaired) electrons. The summed E-state index contributed by atoms with van der Waals surface area (Å²) in [5.74, 6) is 0.163. The summed E-state index contributed by atoms with van der Waals surface area (Å²) in [5, 5.41) is 2.33. The molecule has 0 aromatic heterocycles. The van der Waals surface area contributed by atoms with Gasteiger partial charge in [-0.1, -0.05) is 64.5 Å². The molecular formula is C19H15BrO. The molecule has 0 saturated carbocycles. The summed E-state index contributed by atoms with van der Waals surface area (Å²) in [7, 11) is 0. The summed E-state index contributed by atoms with van der Waals surface area (Å²) in [4.78, 5) is 12.6. The molecule has 0 spiro atoms. The second kappa shape index (κ2) is 5.82. The van der Waals surface area contributed by atoms with Crippen LogP contribution in [0.5, 0.6) is 0 Å². The Balaban J connectivity index is 1.97. The summed E-state index contributed by atoms with van der Waals surface area (Å²) in [6, 6.07) is 20.1. The van der Waals surface area contributed by atoms with Gasteiger partial charge >= 0.3 is 0 Å². The van der Waals surface area contributed by atoms with Gasteiger partial charge in [-0.3, -0.25) is 4.79 Å². The normalized spacial score (nSPS) is 10.8. The van der Waals surface area contributed by atoms with Gasteiger partial charge in [0.2, 0.25) is 0 Å². The smallest absolute Gasteiger partial charge is 0.167 e. The summed E-state index contributed by atoms with van der Waals surface area (Å²) >= 11 is 3.43. The van der Waals surface area contributed by atoms with Crippen LogP contribution < -0.4 is 0 Å². The van der Waals surface area contributed by atoms with Crippen molar-refractivity contribution >= 4 is 32.5 Å². The van der Waals surface area contributed by atoms with Gasteiger partial charge in [-0.15, -0.1) is 0 Å². The maximum Gasteiger partial charge on any atom is 0.167 e. The zero-order chi connectivity index (χ0) is 14.8. The zero-order valence-corrected chi connectivity index (χ0v) is 13.4. The zero-order valence-electron chi connectivity index (χ0n) is 11.8. The topological polar surface area (TPSA) is 17.1 Å². The molecule has 0 fully saturated rings. The quantitative estimate of drug-likeness (QED) is 0.589. The molecule has 0 unspecified atom stereocenters. The van der Waals surface area contributed by atoms with Crippen molar-refractivity contribution < 1.29 is 4.79 Å². The van der Waals surface area contributed by atoms with E-state index in [1.54, 1.807) is 0 Å². The van der Waals surface area contributed by atoms with Crippen LogP contribution in [0, 0.1) is 6.92 Å². The van der Waals surface area contributed by atoms with Gasteiger partial charge in [0.15, 0.2) is 5.78 Å². The van der Waals surface area contributed by atoms with E-state index < -0.39 is 0 Å². The number of fused-ring (bicyclic) bond motifs is 1. The minimum atomic E-state index is 0.163. The summed E-state index contributed by atoms with van der Waals surface area (Å²) < 4.78 is 1.00. The lowest BCUT2D eigenvalue weighted by Crippen LogP contribution is -2.06. The number of benzene rings is 3. The number of aryl methyl sites for hydroxylation is 1. The fraction of sp³-hybridized carbons (Fsp3) is 0.105. The number of rotatable bonds is 3. The molecular weight excluding hydrogens is 324 g/mol. The average molecular weight is 339 g/mol. The molecule has 0 aliphatic carbocycles. The second-order valence-electron chi connectivity index (χ2n) is 5.20. The maximum absolute atomic E-state index is 12.6. The molecule has 0 bridgehead atoms. The first-order valence-corrected chi connectivity index (χ1v) is 7.70. The highest BCUT2D eigenvalue weighted by atomic mass is 79.9. The van der Waals surface area contributed by atoms with Crippen molar-refractivity contribution in [2.24, 2.45) is 0 Å². The summed E-state index contributed by atoms with van der Waals surface area (Å²) in [5.41, 5.74) is 2.89. The van der Waals surface area contributed by atoms with Crippen LogP contribution in [0.25, 0.3) is 10.8 Å². The van der Waals surface area contributed by atoms with Gasteiger partial charge in [0.25, 0.3) is 0 Å². The Labute approximate surface area is 132 Å². The van der Waals surface area contributed by atoms with Crippen molar-refractivity contribution in [1.29, 1.82) is 0 Å². The predicted octanol–water partition coefficient (Wildman–Crippen LogP) is 5.34. The lowest BCUT2D eigenvalue weighted by molar-refractivity contribution is 0.0992. The first kappa shape index (κ1) is 14.0. The van der Waals surface area contributed by atoms with Crippen LogP contribution in [0.2, 0.25) is 0 Å². The van der Waals surface area contributed by atoms with Gasteiger partial charge in [-0.05, 0) is 41.0 Å². The number of hydrogen-bond acceptors (Lipinski definition) is 1. The van der Waals surface area contributed by atoms with Crippen molar-refractivity contribution in [2.45, 2.75) is 13.3 Å². The Bertz CT molecular complexity index is 815. The van der Waals surface area contributed by atoms with Crippen LogP contribution in [0.4, 0.5) is 0 Å². The predicted molar refractivity (Wildman–Crippen MR) is 90.9 cm³/mol. The molecule has 0 atom stereocenters. The van der Waals surface area contributed by atoms with Crippen LogP contribution in [0.1, 0.15) is 21.5 Å². The molecule has 3 rings (SSSR count). The molecule has 3 aromatic carbocycles.